The number of amides is 1. The number of carbonyl (C=O) groups is 1. The fourth-order valence-electron chi connectivity index (χ4n) is 2.79. The van der Waals surface area contributed by atoms with E-state index in [0.29, 0.717) is 4.68 Å². The highest BCUT2D eigenvalue weighted by atomic mass is 19.4. The van der Waals surface area contributed by atoms with Crippen LogP contribution in [0.15, 0.2) is 61.1 Å². The van der Waals surface area contributed by atoms with Gasteiger partial charge < -0.3 is 5.32 Å². The molecule has 4 aromatic rings. The maximum Gasteiger partial charge on any atom is 0.434 e. The Bertz CT molecular complexity index is 1190. The van der Waals surface area contributed by atoms with Gasteiger partial charge in [-0.2, -0.15) is 23.0 Å². The van der Waals surface area contributed by atoms with Crippen LogP contribution < -0.4 is 5.32 Å². The van der Waals surface area contributed by atoms with Gasteiger partial charge in [-0.3, -0.25) is 4.79 Å². The third-order valence-electron chi connectivity index (χ3n) is 4.08. The standard InChI is InChI=1S/C18H11F4N7O/c19-14-8-11(6-7-15(14)28-10-23-26-27-28)25-17(30)13-9-24-29(16(13)18(20,21)22)12-4-2-1-3-5-12/h1-10H,(H,25,30). The molecule has 30 heavy (non-hydrogen) atoms. The normalized spacial score (nSPS) is 11.5. The van der Waals surface area contributed by atoms with Crippen molar-refractivity contribution in [2.24, 2.45) is 0 Å². The van der Waals surface area contributed by atoms with Crippen molar-refractivity contribution in [1.82, 2.24) is 30.0 Å². The van der Waals surface area contributed by atoms with Crippen molar-refractivity contribution in [3.8, 4) is 11.4 Å². The molecular weight excluding hydrogens is 406 g/mol. The summed E-state index contributed by atoms with van der Waals surface area (Å²) < 4.78 is 57.0. The predicted molar refractivity (Wildman–Crippen MR) is 95.6 cm³/mol. The number of carbonyl (C=O) groups excluding carboxylic acids is 1. The molecular formula is C18H11F4N7O. The summed E-state index contributed by atoms with van der Waals surface area (Å²) in [5.74, 6) is -1.87. The number of tetrazole rings is 1. The second-order valence-electron chi connectivity index (χ2n) is 6.03. The van der Waals surface area contributed by atoms with Crippen molar-refractivity contribution in [3.63, 3.8) is 0 Å². The Balaban J connectivity index is 1.66. The minimum atomic E-state index is -4.85. The van der Waals surface area contributed by atoms with Gasteiger partial charge in [0.25, 0.3) is 5.91 Å². The summed E-state index contributed by atoms with van der Waals surface area (Å²) in [7, 11) is 0. The van der Waals surface area contributed by atoms with E-state index in [9.17, 15) is 22.4 Å². The first-order chi connectivity index (χ1) is 14.3. The van der Waals surface area contributed by atoms with Crippen LogP contribution in [-0.4, -0.2) is 35.9 Å². The predicted octanol–water partition coefficient (Wildman–Crippen LogP) is 3.26. The molecule has 0 spiro atoms. The molecule has 152 valence electrons. The zero-order valence-electron chi connectivity index (χ0n) is 14.9. The van der Waals surface area contributed by atoms with Crippen molar-refractivity contribution in [2.75, 3.05) is 5.32 Å². The Labute approximate surface area is 165 Å². The molecule has 0 radical (unpaired) electrons. The highest BCUT2D eigenvalue weighted by Crippen LogP contribution is 2.34. The summed E-state index contributed by atoms with van der Waals surface area (Å²) in [6.07, 6.45) is -2.87. The maximum absolute atomic E-state index is 14.3. The molecule has 0 aliphatic rings. The number of hydrogen-bond acceptors (Lipinski definition) is 5. The molecule has 8 nitrogen and oxygen atoms in total. The number of nitrogens with one attached hydrogen (secondary N) is 1. The number of para-hydroxylation sites is 1. The highest BCUT2D eigenvalue weighted by molar-refractivity contribution is 6.05. The van der Waals surface area contributed by atoms with Gasteiger partial charge in [-0.1, -0.05) is 18.2 Å². The molecule has 12 heteroatoms. The van der Waals surface area contributed by atoms with Gasteiger partial charge in [0.05, 0.1) is 17.4 Å². The SMILES string of the molecule is O=C(Nc1ccc(-n2cnnn2)c(F)c1)c1cnn(-c2ccccc2)c1C(F)(F)F. The molecule has 2 heterocycles. The van der Waals surface area contributed by atoms with Crippen molar-refractivity contribution < 1.29 is 22.4 Å². The topological polar surface area (TPSA) is 90.5 Å². The lowest BCUT2D eigenvalue weighted by Crippen LogP contribution is -2.20. The molecule has 0 saturated carbocycles. The molecule has 0 bridgehead atoms. The second-order valence-corrected chi connectivity index (χ2v) is 6.03. The Kier molecular flexibility index (Phi) is 4.74. The molecule has 0 fully saturated rings. The van der Waals surface area contributed by atoms with Crippen LogP contribution in [0.5, 0.6) is 0 Å². The van der Waals surface area contributed by atoms with E-state index in [2.05, 4.69) is 25.9 Å². The zero-order valence-corrected chi connectivity index (χ0v) is 14.9. The van der Waals surface area contributed by atoms with Crippen molar-refractivity contribution in [2.45, 2.75) is 6.18 Å². The molecule has 1 N–H and O–H groups in total. The van der Waals surface area contributed by atoms with E-state index < -0.39 is 29.2 Å². The smallest absolute Gasteiger partial charge is 0.322 e. The van der Waals surface area contributed by atoms with Crippen LogP contribution in [0.2, 0.25) is 0 Å². The van der Waals surface area contributed by atoms with Crippen molar-refractivity contribution in [1.29, 1.82) is 0 Å². The van der Waals surface area contributed by atoms with E-state index in [-0.39, 0.29) is 17.1 Å². The Hall–Kier alpha value is -4.09. The van der Waals surface area contributed by atoms with Gasteiger partial charge in [0.15, 0.2) is 11.5 Å². The quantitative estimate of drug-likeness (QED) is 0.515. The summed E-state index contributed by atoms with van der Waals surface area (Å²) in [5, 5.41) is 16.3. The molecule has 0 aliphatic carbocycles. The molecule has 1 amide bonds. The third kappa shape index (κ3) is 3.62. The van der Waals surface area contributed by atoms with E-state index >= 15 is 0 Å². The lowest BCUT2D eigenvalue weighted by molar-refractivity contribution is -0.143. The minimum absolute atomic E-state index is 0.00544. The first-order valence-corrected chi connectivity index (χ1v) is 8.39. The molecule has 0 atom stereocenters. The van der Waals surface area contributed by atoms with Crippen LogP contribution in [0, 0.1) is 5.82 Å². The number of halogens is 4. The van der Waals surface area contributed by atoms with Gasteiger partial charge in [0, 0.05) is 5.69 Å². The van der Waals surface area contributed by atoms with E-state index in [0.717, 1.165) is 16.9 Å². The number of rotatable bonds is 4. The Morgan fingerprint density at radius 2 is 1.83 bits per heavy atom. The summed E-state index contributed by atoms with van der Waals surface area (Å²) in [4.78, 5) is 12.5. The highest BCUT2D eigenvalue weighted by Gasteiger charge is 2.40. The number of benzene rings is 2. The number of anilines is 1. The molecule has 2 aromatic heterocycles. The molecule has 2 aromatic carbocycles. The summed E-state index contributed by atoms with van der Waals surface area (Å²) in [6, 6.07) is 11.1. The first-order valence-electron chi connectivity index (χ1n) is 8.39. The molecule has 4 rings (SSSR count). The van der Waals surface area contributed by atoms with E-state index in [4.69, 9.17) is 0 Å². The number of aromatic nitrogens is 6. The number of hydrogen-bond donors (Lipinski definition) is 1. The Morgan fingerprint density at radius 3 is 2.47 bits per heavy atom. The monoisotopic (exact) mass is 417 g/mol. The average molecular weight is 417 g/mol. The average Bonchev–Trinajstić information content (AvgIpc) is 3.38. The maximum atomic E-state index is 14.3. The lowest BCUT2D eigenvalue weighted by Gasteiger charge is -2.13. The summed E-state index contributed by atoms with van der Waals surface area (Å²) in [6.45, 7) is 0. The van der Waals surface area contributed by atoms with E-state index in [1.807, 2.05) is 0 Å². The molecule has 0 unspecified atom stereocenters. The van der Waals surface area contributed by atoms with Crippen molar-refractivity contribution >= 4 is 11.6 Å². The van der Waals surface area contributed by atoms with Crippen LogP contribution in [-0.2, 0) is 6.18 Å². The van der Waals surface area contributed by atoms with Gasteiger partial charge in [-0.05, 0) is 40.8 Å². The van der Waals surface area contributed by atoms with Gasteiger partial charge in [0.1, 0.15) is 12.0 Å². The van der Waals surface area contributed by atoms with Crippen LogP contribution >= 0.6 is 0 Å². The van der Waals surface area contributed by atoms with Crippen LogP contribution in [0.4, 0.5) is 23.2 Å². The van der Waals surface area contributed by atoms with Gasteiger partial charge in [-0.25, -0.2) is 9.07 Å². The van der Waals surface area contributed by atoms with E-state index in [1.54, 1.807) is 18.2 Å². The van der Waals surface area contributed by atoms with Crippen LogP contribution in [0.1, 0.15) is 16.1 Å². The largest absolute Gasteiger partial charge is 0.434 e. The fourth-order valence-corrected chi connectivity index (χ4v) is 2.79. The fraction of sp³-hybridized carbons (Fsp3) is 0.0556. The molecule has 0 aliphatic heterocycles. The minimum Gasteiger partial charge on any atom is -0.322 e. The van der Waals surface area contributed by atoms with Gasteiger partial charge >= 0.3 is 6.18 Å². The van der Waals surface area contributed by atoms with Crippen molar-refractivity contribution in [3.05, 3.63) is 78.1 Å². The molecule has 0 saturated heterocycles. The lowest BCUT2D eigenvalue weighted by atomic mass is 10.2. The summed E-state index contributed by atoms with van der Waals surface area (Å²) >= 11 is 0. The summed E-state index contributed by atoms with van der Waals surface area (Å²) in [5.41, 5.74) is -1.84. The van der Waals surface area contributed by atoms with E-state index in [1.165, 1.54) is 30.6 Å². The number of alkyl halides is 3. The van der Waals surface area contributed by atoms with Crippen LogP contribution in [0.25, 0.3) is 11.4 Å². The van der Waals surface area contributed by atoms with Gasteiger partial charge in [-0.15, -0.1) is 5.10 Å². The Morgan fingerprint density at radius 1 is 1.07 bits per heavy atom. The van der Waals surface area contributed by atoms with Crippen LogP contribution in [0.3, 0.4) is 0 Å². The van der Waals surface area contributed by atoms with Gasteiger partial charge in [0.2, 0.25) is 0 Å². The third-order valence-corrected chi connectivity index (χ3v) is 4.08. The number of nitrogens with zero attached hydrogens (tertiary/aromatic N) is 6. The first kappa shape index (κ1) is 19.2. The second kappa shape index (κ2) is 7.39. The zero-order chi connectivity index (χ0) is 21.3.